The number of amides is 2. The van der Waals surface area contributed by atoms with Crippen molar-refractivity contribution < 1.29 is 27.2 Å². The van der Waals surface area contributed by atoms with E-state index in [1.54, 1.807) is 6.92 Å². The molecule has 0 aliphatic carbocycles. The molecule has 10 heteroatoms. The molecule has 0 saturated heterocycles. The van der Waals surface area contributed by atoms with Gasteiger partial charge in [-0.25, -0.2) is 22.2 Å². The van der Waals surface area contributed by atoms with Crippen LogP contribution >= 0.6 is 0 Å². The van der Waals surface area contributed by atoms with E-state index in [0.29, 0.717) is 29.0 Å². The number of carbonyl (C=O) groups excluding carboxylic acids is 2. The van der Waals surface area contributed by atoms with Gasteiger partial charge in [0.1, 0.15) is 17.7 Å². The molecule has 0 bridgehead atoms. The maximum atomic E-state index is 13.4. The number of anilines is 2. The zero-order valence-corrected chi connectivity index (χ0v) is 15.5. The Labute approximate surface area is 167 Å². The summed E-state index contributed by atoms with van der Waals surface area (Å²) in [5.74, 6) is -5.93. The van der Waals surface area contributed by atoms with Crippen LogP contribution in [0, 0.1) is 30.2 Å². The predicted octanol–water partition coefficient (Wildman–Crippen LogP) is 3.94. The molecule has 1 atom stereocenters. The van der Waals surface area contributed by atoms with Crippen molar-refractivity contribution in [3.63, 3.8) is 0 Å². The molecular formula is C20H14F4N4O2. The number of nitrogens with one attached hydrogen (secondary N) is 2. The molecule has 1 aromatic heterocycles. The van der Waals surface area contributed by atoms with Crippen LogP contribution in [0.1, 0.15) is 18.0 Å². The number of fused-ring (bicyclic) bond motifs is 1. The third kappa shape index (κ3) is 3.40. The first kappa shape index (κ1) is 19.6. The number of hydrogen-bond acceptors (Lipinski definition) is 3. The second kappa shape index (κ2) is 7.29. The van der Waals surface area contributed by atoms with E-state index in [9.17, 15) is 27.2 Å². The second-order valence-electron chi connectivity index (χ2n) is 6.78. The number of halogens is 4. The number of rotatable bonds is 3. The maximum Gasteiger partial charge on any atom is 0.249 e. The molecule has 3 aromatic rings. The molecular weight excluding hydrogens is 404 g/mol. The molecule has 2 heterocycles. The summed E-state index contributed by atoms with van der Waals surface area (Å²) in [4.78, 5) is 24.9. The van der Waals surface area contributed by atoms with Crippen LogP contribution in [0.25, 0.3) is 11.3 Å². The average Bonchev–Trinajstić information content (AvgIpc) is 3.02. The smallest absolute Gasteiger partial charge is 0.249 e. The van der Waals surface area contributed by atoms with Gasteiger partial charge in [0, 0.05) is 28.9 Å². The molecule has 0 fully saturated rings. The van der Waals surface area contributed by atoms with Gasteiger partial charge in [-0.05, 0) is 31.2 Å². The van der Waals surface area contributed by atoms with E-state index in [2.05, 4.69) is 15.7 Å². The standard InChI is InChI=1S/C20H14F4N4O2/c1-9-18(10-2-4-11(21)5-3-10)27-28-15(8-16(29)26-19(9)28)20(30)25-12-6-13(22)17(24)14(23)7-12/h2-7,15H,8H2,1H3,(H,25,30)(H,26,29). The summed E-state index contributed by atoms with van der Waals surface area (Å²) in [6.07, 6.45) is -0.269. The molecule has 1 unspecified atom stereocenters. The fourth-order valence-corrected chi connectivity index (χ4v) is 3.28. The normalized spacial score (nSPS) is 15.5. The highest BCUT2D eigenvalue weighted by atomic mass is 19.2. The van der Waals surface area contributed by atoms with E-state index >= 15 is 0 Å². The van der Waals surface area contributed by atoms with Crippen LogP contribution in [0.5, 0.6) is 0 Å². The van der Waals surface area contributed by atoms with Gasteiger partial charge in [-0.3, -0.25) is 9.59 Å². The SMILES string of the molecule is Cc1c(-c2ccc(F)cc2)nn2c1NC(=O)CC2C(=O)Nc1cc(F)c(F)c(F)c1. The zero-order chi connectivity index (χ0) is 21.6. The fourth-order valence-electron chi connectivity index (χ4n) is 3.28. The summed E-state index contributed by atoms with van der Waals surface area (Å²) in [6.45, 7) is 1.68. The largest absolute Gasteiger partial charge is 0.324 e. The van der Waals surface area contributed by atoms with Gasteiger partial charge in [-0.1, -0.05) is 0 Å². The number of hydrogen-bond donors (Lipinski definition) is 2. The highest BCUT2D eigenvalue weighted by Crippen LogP contribution is 2.34. The monoisotopic (exact) mass is 418 g/mol. The number of carbonyl (C=O) groups is 2. The van der Waals surface area contributed by atoms with E-state index in [1.165, 1.54) is 28.9 Å². The van der Waals surface area contributed by atoms with Gasteiger partial charge in [-0.2, -0.15) is 5.10 Å². The van der Waals surface area contributed by atoms with Crippen molar-refractivity contribution >= 4 is 23.3 Å². The Morgan fingerprint density at radius 3 is 2.40 bits per heavy atom. The van der Waals surface area contributed by atoms with Gasteiger partial charge in [0.05, 0.1) is 12.1 Å². The topological polar surface area (TPSA) is 76.0 Å². The maximum absolute atomic E-state index is 13.4. The summed E-state index contributed by atoms with van der Waals surface area (Å²) in [6, 6.07) is 5.70. The van der Waals surface area contributed by atoms with Gasteiger partial charge in [0.25, 0.3) is 0 Å². The molecule has 1 aliphatic rings. The van der Waals surface area contributed by atoms with E-state index in [-0.39, 0.29) is 17.9 Å². The van der Waals surface area contributed by atoms with Crippen molar-refractivity contribution in [3.8, 4) is 11.3 Å². The van der Waals surface area contributed by atoms with Gasteiger partial charge in [0.15, 0.2) is 17.5 Å². The first-order chi connectivity index (χ1) is 14.2. The lowest BCUT2D eigenvalue weighted by atomic mass is 10.1. The van der Waals surface area contributed by atoms with Crippen LogP contribution in [0.4, 0.5) is 29.1 Å². The van der Waals surface area contributed by atoms with Crippen molar-refractivity contribution in [1.82, 2.24) is 9.78 Å². The Balaban J connectivity index is 1.69. The second-order valence-corrected chi connectivity index (χ2v) is 6.78. The third-order valence-corrected chi connectivity index (χ3v) is 4.75. The Kier molecular flexibility index (Phi) is 4.76. The lowest BCUT2D eigenvalue weighted by Crippen LogP contribution is -2.36. The van der Waals surface area contributed by atoms with Crippen LogP contribution in [-0.2, 0) is 9.59 Å². The first-order valence-corrected chi connectivity index (χ1v) is 8.85. The van der Waals surface area contributed by atoms with Crippen molar-refractivity contribution in [3.05, 3.63) is 65.2 Å². The minimum absolute atomic E-state index is 0.269. The quantitative estimate of drug-likeness (QED) is 0.500. The molecule has 4 rings (SSSR count). The summed E-state index contributed by atoms with van der Waals surface area (Å²) in [5.41, 5.74) is 1.27. The molecule has 2 N–H and O–H groups in total. The highest BCUT2D eigenvalue weighted by molar-refractivity contribution is 6.02. The number of nitrogens with zero attached hydrogens (tertiary/aromatic N) is 2. The third-order valence-electron chi connectivity index (χ3n) is 4.75. The molecule has 2 amide bonds. The molecule has 1 aliphatic heterocycles. The molecule has 154 valence electrons. The van der Waals surface area contributed by atoms with Crippen LogP contribution < -0.4 is 10.6 Å². The summed E-state index contributed by atoms with van der Waals surface area (Å²) >= 11 is 0. The van der Waals surface area contributed by atoms with E-state index in [4.69, 9.17) is 0 Å². The highest BCUT2D eigenvalue weighted by Gasteiger charge is 2.34. The Morgan fingerprint density at radius 1 is 1.13 bits per heavy atom. The zero-order valence-electron chi connectivity index (χ0n) is 15.5. The molecule has 2 aromatic carbocycles. The minimum Gasteiger partial charge on any atom is -0.324 e. The van der Waals surface area contributed by atoms with E-state index < -0.39 is 41.1 Å². The molecule has 0 radical (unpaired) electrons. The average molecular weight is 418 g/mol. The van der Waals surface area contributed by atoms with Crippen LogP contribution in [0.15, 0.2) is 36.4 Å². The van der Waals surface area contributed by atoms with Crippen LogP contribution in [0.3, 0.4) is 0 Å². The molecule has 6 nitrogen and oxygen atoms in total. The van der Waals surface area contributed by atoms with Crippen molar-refractivity contribution in [2.24, 2.45) is 0 Å². The van der Waals surface area contributed by atoms with E-state index in [0.717, 1.165) is 0 Å². The number of aromatic nitrogens is 2. The van der Waals surface area contributed by atoms with Crippen molar-refractivity contribution in [2.45, 2.75) is 19.4 Å². The summed E-state index contributed by atoms with van der Waals surface area (Å²) in [5, 5.41) is 9.31. The van der Waals surface area contributed by atoms with Crippen LogP contribution in [0.2, 0.25) is 0 Å². The molecule has 30 heavy (non-hydrogen) atoms. The lowest BCUT2D eigenvalue weighted by Gasteiger charge is -2.24. The molecule has 0 saturated carbocycles. The van der Waals surface area contributed by atoms with Crippen molar-refractivity contribution in [1.29, 1.82) is 0 Å². The van der Waals surface area contributed by atoms with Crippen molar-refractivity contribution in [2.75, 3.05) is 10.6 Å². The minimum atomic E-state index is -1.65. The van der Waals surface area contributed by atoms with E-state index in [1.807, 2.05) is 0 Å². The lowest BCUT2D eigenvalue weighted by molar-refractivity contribution is -0.125. The van der Waals surface area contributed by atoms with Crippen LogP contribution in [-0.4, -0.2) is 21.6 Å². The van der Waals surface area contributed by atoms with Gasteiger partial charge in [-0.15, -0.1) is 0 Å². The Morgan fingerprint density at radius 2 is 1.77 bits per heavy atom. The Bertz CT molecular complexity index is 1150. The summed E-state index contributed by atoms with van der Waals surface area (Å²) < 4.78 is 54.5. The molecule has 0 spiro atoms. The predicted molar refractivity (Wildman–Crippen MR) is 99.6 cm³/mol. The number of benzene rings is 2. The Hall–Kier alpha value is -3.69. The fraction of sp³-hybridized carbons (Fsp3) is 0.150. The summed E-state index contributed by atoms with van der Waals surface area (Å²) in [7, 11) is 0. The first-order valence-electron chi connectivity index (χ1n) is 8.85. The van der Waals surface area contributed by atoms with Gasteiger partial charge < -0.3 is 10.6 Å². The van der Waals surface area contributed by atoms with Gasteiger partial charge in [0.2, 0.25) is 11.8 Å². The van der Waals surface area contributed by atoms with Gasteiger partial charge >= 0.3 is 0 Å².